The number of unbranched alkanes of at least 4 members (excludes halogenated alkanes) is 1. The van der Waals surface area contributed by atoms with Gasteiger partial charge in [0.25, 0.3) is 0 Å². The maximum Gasteiger partial charge on any atom is 0.223 e. The third-order valence-electron chi connectivity index (χ3n) is 6.41. The molecular formula is C28H27ClFN3O2. The molecule has 0 saturated carbocycles. The van der Waals surface area contributed by atoms with Gasteiger partial charge in [-0.05, 0) is 66.9 Å². The number of carbonyl (C=O) groups is 1. The van der Waals surface area contributed by atoms with Crippen LogP contribution in [0.15, 0.2) is 72.8 Å². The SMILES string of the molecule is O=C1CC(c2nc3ccccc3n2CCCCOc2ccc(Cl)cc2)CN1Cc1ccc(F)cc1. The van der Waals surface area contributed by atoms with E-state index in [9.17, 15) is 9.18 Å². The van der Waals surface area contributed by atoms with Crippen molar-refractivity contribution in [3.8, 4) is 5.75 Å². The van der Waals surface area contributed by atoms with E-state index in [1.807, 2.05) is 47.4 Å². The molecule has 1 aromatic heterocycles. The fourth-order valence-electron chi connectivity index (χ4n) is 4.64. The Bertz CT molecular complexity index is 1300. The van der Waals surface area contributed by atoms with Gasteiger partial charge in [0.2, 0.25) is 5.91 Å². The molecule has 1 aliphatic rings. The summed E-state index contributed by atoms with van der Waals surface area (Å²) >= 11 is 5.93. The zero-order valence-corrected chi connectivity index (χ0v) is 20.1. The molecule has 1 amide bonds. The van der Waals surface area contributed by atoms with Crippen molar-refractivity contribution in [2.24, 2.45) is 0 Å². The van der Waals surface area contributed by atoms with Crippen LogP contribution < -0.4 is 4.74 Å². The van der Waals surface area contributed by atoms with Gasteiger partial charge in [0.1, 0.15) is 17.4 Å². The number of ether oxygens (including phenoxy) is 1. The number of likely N-dealkylation sites (tertiary alicyclic amines) is 1. The lowest BCUT2D eigenvalue weighted by atomic mass is 10.1. The molecule has 1 saturated heterocycles. The summed E-state index contributed by atoms with van der Waals surface area (Å²) in [5.41, 5.74) is 2.96. The Kier molecular flexibility index (Phi) is 7.00. The van der Waals surface area contributed by atoms with Crippen molar-refractivity contribution in [1.82, 2.24) is 14.5 Å². The Morgan fingerprint density at radius 1 is 1.00 bits per heavy atom. The van der Waals surface area contributed by atoms with Crippen LogP contribution in [-0.4, -0.2) is 33.5 Å². The average molecular weight is 492 g/mol. The fourth-order valence-corrected chi connectivity index (χ4v) is 4.77. The van der Waals surface area contributed by atoms with E-state index in [2.05, 4.69) is 10.6 Å². The number of amides is 1. The highest BCUT2D eigenvalue weighted by atomic mass is 35.5. The Balaban J connectivity index is 1.25. The van der Waals surface area contributed by atoms with Crippen LogP contribution >= 0.6 is 11.6 Å². The number of hydrogen-bond donors (Lipinski definition) is 0. The predicted molar refractivity (Wildman–Crippen MR) is 135 cm³/mol. The van der Waals surface area contributed by atoms with Gasteiger partial charge in [0.15, 0.2) is 0 Å². The van der Waals surface area contributed by atoms with Gasteiger partial charge < -0.3 is 14.2 Å². The minimum Gasteiger partial charge on any atom is -0.494 e. The highest BCUT2D eigenvalue weighted by molar-refractivity contribution is 6.30. The Hall–Kier alpha value is -3.38. The third kappa shape index (κ3) is 5.49. The number of hydrogen-bond acceptors (Lipinski definition) is 3. The first kappa shape index (κ1) is 23.4. The summed E-state index contributed by atoms with van der Waals surface area (Å²) in [5, 5.41) is 0.693. The molecule has 1 atom stereocenters. The normalized spacial score (nSPS) is 15.8. The van der Waals surface area contributed by atoms with E-state index in [-0.39, 0.29) is 17.6 Å². The minimum absolute atomic E-state index is 0.0284. The van der Waals surface area contributed by atoms with Crippen molar-refractivity contribution in [3.05, 3.63) is 95.0 Å². The standard InChI is InChI=1S/C28H27ClFN3O2/c29-22-9-13-24(14-10-22)35-16-4-3-15-33-26-6-2-1-5-25(26)31-28(33)21-17-27(34)32(19-21)18-20-7-11-23(30)12-8-20/h1-2,5-14,21H,3-4,15-19H2. The van der Waals surface area contributed by atoms with Crippen molar-refractivity contribution in [3.63, 3.8) is 0 Å². The molecule has 0 radical (unpaired) electrons. The second-order valence-electron chi connectivity index (χ2n) is 8.92. The number of aromatic nitrogens is 2. The zero-order valence-electron chi connectivity index (χ0n) is 19.4. The number of para-hydroxylation sites is 2. The summed E-state index contributed by atoms with van der Waals surface area (Å²) < 4.78 is 21.3. The molecule has 0 spiro atoms. The van der Waals surface area contributed by atoms with E-state index in [1.165, 1.54) is 12.1 Å². The van der Waals surface area contributed by atoms with Crippen LogP contribution in [0, 0.1) is 5.82 Å². The summed E-state index contributed by atoms with van der Waals surface area (Å²) in [6.45, 7) is 2.52. The number of aryl methyl sites for hydroxylation is 1. The summed E-state index contributed by atoms with van der Waals surface area (Å²) in [6.07, 6.45) is 2.26. The molecule has 0 bridgehead atoms. The molecule has 5 rings (SSSR count). The first-order valence-electron chi connectivity index (χ1n) is 11.9. The smallest absolute Gasteiger partial charge is 0.223 e. The van der Waals surface area contributed by atoms with Crippen LogP contribution in [0.5, 0.6) is 5.75 Å². The first-order chi connectivity index (χ1) is 17.1. The highest BCUT2D eigenvalue weighted by Gasteiger charge is 2.33. The lowest BCUT2D eigenvalue weighted by molar-refractivity contribution is -0.128. The number of rotatable bonds is 9. The summed E-state index contributed by atoms with van der Waals surface area (Å²) in [5.74, 6) is 1.63. The van der Waals surface area contributed by atoms with Gasteiger partial charge in [-0.3, -0.25) is 4.79 Å². The first-order valence-corrected chi connectivity index (χ1v) is 12.3. The van der Waals surface area contributed by atoms with E-state index in [1.54, 1.807) is 12.1 Å². The molecule has 35 heavy (non-hydrogen) atoms. The quantitative estimate of drug-likeness (QED) is 0.262. The van der Waals surface area contributed by atoms with E-state index >= 15 is 0 Å². The Morgan fingerprint density at radius 2 is 1.77 bits per heavy atom. The van der Waals surface area contributed by atoms with Crippen LogP contribution in [0.4, 0.5) is 4.39 Å². The number of fused-ring (bicyclic) bond motifs is 1. The summed E-state index contributed by atoms with van der Waals surface area (Å²) in [7, 11) is 0. The average Bonchev–Trinajstić information content (AvgIpc) is 3.41. The third-order valence-corrected chi connectivity index (χ3v) is 6.66. The number of nitrogens with zero attached hydrogens (tertiary/aromatic N) is 3. The van der Waals surface area contributed by atoms with E-state index in [4.69, 9.17) is 21.3 Å². The van der Waals surface area contributed by atoms with Crippen LogP contribution in [-0.2, 0) is 17.9 Å². The van der Waals surface area contributed by atoms with Crippen molar-refractivity contribution < 1.29 is 13.9 Å². The number of carbonyl (C=O) groups excluding carboxylic acids is 1. The summed E-state index contributed by atoms with van der Waals surface area (Å²) in [4.78, 5) is 19.6. The Labute approximate surface area is 209 Å². The largest absolute Gasteiger partial charge is 0.494 e. The van der Waals surface area contributed by atoms with E-state index in [0.717, 1.165) is 47.6 Å². The lowest BCUT2D eigenvalue weighted by Gasteiger charge is -2.17. The second-order valence-corrected chi connectivity index (χ2v) is 9.36. The molecule has 2 heterocycles. The van der Waals surface area contributed by atoms with Gasteiger partial charge in [0, 0.05) is 37.0 Å². The van der Waals surface area contributed by atoms with E-state index < -0.39 is 0 Å². The van der Waals surface area contributed by atoms with Crippen molar-refractivity contribution in [1.29, 1.82) is 0 Å². The van der Waals surface area contributed by atoms with Crippen molar-refractivity contribution >= 4 is 28.5 Å². The fraction of sp³-hybridized carbons (Fsp3) is 0.286. The molecule has 1 fully saturated rings. The molecule has 3 aromatic carbocycles. The molecule has 7 heteroatoms. The van der Waals surface area contributed by atoms with Gasteiger partial charge in [0.05, 0.1) is 17.6 Å². The van der Waals surface area contributed by atoms with Gasteiger partial charge in [-0.2, -0.15) is 0 Å². The zero-order chi connectivity index (χ0) is 24.2. The lowest BCUT2D eigenvalue weighted by Crippen LogP contribution is -2.24. The van der Waals surface area contributed by atoms with Crippen LogP contribution in [0.25, 0.3) is 11.0 Å². The molecule has 0 aliphatic carbocycles. The minimum atomic E-state index is -0.272. The van der Waals surface area contributed by atoms with Crippen molar-refractivity contribution in [2.75, 3.05) is 13.2 Å². The summed E-state index contributed by atoms with van der Waals surface area (Å²) in [6, 6.07) is 21.8. The Morgan fingerprint density at radius 3 is 2.57 bits per heavy atom. The number of imidazole rings is 1. The number of benzene rings is 3. The molecule has 180 valence electrons. The van der Waals surface area contributed by atoms with Gasteiger partial charge in [-0.1, -0.05) is 35.9 Å². The maximum atomic E-state index is 13.3. The molecule has 1 unspecified atom stereocenters. The van der Waals surface area contributed by atoms with Gasteiger partial charge >= 0.3 is 0 Å². The molecular weight excluding hydrogens is 465 g/mol. The molecule has 4 aromatic rings. The predicted octanol–water partition coefficient (Wildman–Crippen LogP) is 6.20. The van der Waals surface area contributed by atoms with Gasteiger partial charge in [-0.15, -0.1) is 0 Å². The van der Waals surface area contributed by atoms with E-state index in [0.29, 0.717) is 31.1 Å². The van der Waals surface area contributed by atoms with Crippen LogP contribution in [0.2, 0.25) is 5.02 Å². The molecule has 1 aliphatic heterocycles. The topological polar surface area (TPSA) is 47.4 Å². The van der Waals surface area contributed by atoms with Crippen molar-refractivity contribution in [2.45, 2.75) is 38.3 Å². The maximum absolute atomic E-state index is 13.3. The highest BCUT2D eigenvalue weighted by Crippen LogP contribution is 2.31. The van der Waals surface area contributed by atoms with Gasteiger partial charge in [-0.25, -0.2) is 9.37 Å². The molecule has 0 N–H and O–H groups in total. The second kappa shape index (κ2) is 10.5. The molecule has 5 nitrogen and oxygen atoms in total. The van der Waals surface area contributed by atoms with Crippen LogP contribution in [0.3, 0.4) is 0 Å². The number of halogens is 2. The monoisotopic (exact) mass is 491 g/mol. The van der Waals surface area contributed by atoms with Crippen LogP contribution in [0.1, 0.15) is 36.6 Å².